The van der Waals surface area contributed by atoms with E-state index in [0.29, 0.717) is 5.92 Å². The van der Waals surface area contributed by atoms with Gasteiger partial charge in [-0.1, -0.05) is 24.3 Å². The quantitative estimate of drug-likeness (QED) is 0.643. The molecule has 1 aromatic carbocycles. The predicted molar refractivity (Wildman–Crippen MR) is 71.9 cm³/mol. The summed E-state index contributed by atoms with van der Waals surface area (Å²) < 4.78 is 0. The van der Waals surface area contributed by atoms with Crippen molar-refractivity contribution < 1.29 is 0 Å². The Labute approximate surface area is 105 Å². The zero-order valence-corrected chi connectivity index (χ0v) is 10.4. The Morgan fingerprint density at radius 3 is 2.94 bits per heavy atom. The Balaban J connectivity index is 1.95. The van der Waals surface area contributed by atoms with Crippen LogP contribution in [0.15, 0.2) is 41.1 Å². The minimum absolute atomic E-state index is 0.241. The Hall–Kier alpha value is -1.16. The van der Waals surface area contributed by atoms with E-state index in [-0.39, 0.29) is 6.04 Å². The molecule has 0 aliphatic heterocycles. The lowest BCUT2D eigenvalue weighted by atomic mass is 9.90. The van der Waals surface area contributed by atoms with Crippen LogP contribution in [0.1, 0.15) is 35.1 Å². The van der Waals surface area contributed by atoms with Crippen molar-refractivity contribution >= 4 is 11.3 Å². The van der Waals surface area contributed by atoms with Crippen molar-refractivity contribution in [2.75, 3.05) is 0 Å². The molecule has 3 rings (SSSR count). The zero-order chi connectivity index (χ0) is 11.7. The van der Waals surface area contributed by atoms with Crippen LogP contribution < -0.4 is 11.3 Å². The van der Waals surface area contributed by atoms with Gasteiger partial charge in [-0.25, -0.2) is 0 Å². The molecule has 0 spiro atoms. The van der Waals surface area contributed by atoms with Gasteiger partial charge in [-0.05, 0) is 46.4 Å². The maximum absolute atomic E-state index is 5.76. The first kappa shape index (κ1) is 11.0. The van der Waals surface area contributed by atoms with E-state index < -0.39 is 0 Å². The molecular weight excluding hydrogens is 228 g/mol. The van der Waals surface area contributed by atoms with Crippen molar-refractivity contribution in [2.45, 2.75) is 24.8 Å². The highest BCUT2D eigenvalue weighted by Crippen LogP contribution is 2.41. The van der Waals surface area contributed by atoms with Crippen LogP contribution in [0.2, 0.25) is 0 Å². The molecule has 2 atom stereocenters. The average Bonchev–Trinajstić information content (AvgIpc) is 3.01. The van der Waals surface area contributed by atoms with Crippen LogP contribution in [-0.4, -0.2) is 0 Å². The summed E-state index contributed by atoms with van der Waals surface area (Å²) in [6, 6.07) is 11.1. The van der Waals surface area contributed by atoms with Gasteiger partial charge in [0.05, 0.1) is 6.04 Å². The van der Waals surface area contributed by atoms with Crippen molar-refractivity contribution in [3.63, 3.8) is 0 Å². The lowest BCUT2D eigenvalue weighted by Crippen LogP contribution is -2.31. The summed E-state index contributed by atoms with van der Waals surface area (Å²) in [7, 11) is 0. The molecule has 0 saturated carbocycles. The topological polar surface area (TPSA) is 38.0 Å². The molecule has 2 nitrogen and oxygen atoms in total. The maximum atomic E-state index is 5.76. The number of nitrogens with one attached hydrogen (secondary N) is 1. The maximum Gasteiger partial charge on any atom is 0.0536 e. The predicted octanol–water partition coefficient (Wildman–Crippen LogP) is 2.98. The van der Waals surface area contributed by atoms with E-state index in [0.717, 1.165) is 0 Å². The number of benzene rings is 1. The molecule has 2 aromatic rings. The summed E-state index contributed by atoms with van der Waals surface area (Å²) in [6.45, 7) is 0. The van der Waals surface area contributed by atoms with E-state index in [4.69, 9.17) is 5.84 Å². The standard InChI is InChI=1S/C14H16N2S/c15-16-14(11-7-8-17-9-11)13-6-5-10-3-1-2-4-12(10)13/h1-4,7-9,13-14,16H,5-6,15H2. The van der Waals surface area contributed by atoms with Gasteiger partial charge in [-0.2, -0.15) is 11.3 Å². The first-order valence-electron chi connectivity index (χ1n) is 5.96. The van der Waals surface area contributed by atoms with Crippen molar-refractivity contribution in [1.82, 2.24) is 5.43 Å². The Bertz CT molecular complexity index is 493. The highest BCUT2D eigenvalue weighted by Gasteiger charge is 2.29. The highest BCUT2D eigenvalue weighted by molar-refractivity contribution is 7.07. The van der Waals surface area contributed by atoms with Crippen molar-refractivity contribution in [1.29, 1.82) is 0 Å². The normalized spacial score (nSPS) is 20.2. The number of hydrogen-bond acceptors (Lipinski definition) is 3. The fourth-order valence-electron chi connectivity index (χ4n) is 2.83. The lowest BCUT2D eigenvalue weighted by Gasteiger charge is -2.23. The van der Waals surface area contributed by atoms with Gasteiger partial charge >= 0.3 is 0 Å². The molecule has 0 bridgehead atoms. The van der Waals surface area contributed by atoms with Crippen molar-refractivity contribution in [3.8, 4) is 0 Å². The minimum atomic E-state index is 0.241. The molecule has 3 heteroatoms. The lowest BCUT2D eigenvalue weighted by molar-refractivity contribution is 0.454. The molecule has 0 fully saturated rings. The Morgan fingerprint density at radius 2 is 2.18 bits per heavy atom. The van der Waals surface area contributed by atoms with E-state index in [1.807, 2.05) is 0 Å². The van der Waals surface area contributed by atoms with Gasteiger partial charge in [0.15, 0.2) is 0 Å². The molecule has 3 N–H and O–H groups in total. The zero-order valence-electron chi connectivity index (χ0n) is 9.60. The highest BCUT2D eigenvalue weighted by atomic mass is 32.1. The number of thiophene rings is 1. The van der Waals surface area contributed by atoms with Gasteiger partial charge in [0.2, 0.25) is 0 Å². The second kappa shape index (κ2) is 4.61. The molecule has 0 saturated heterocycles. The Morgan fingerprint density at radius 1 is 1.29 bits per heavy atom. The van der Waals surface area contributed by atoms with Gasteiger partial charge in [-0.3, -0.25) is 11.3 Å². The monoisotopic (exact) mass is 244 g/mol. The van der Waals surface area contributed by atoms with Crippen LogP contribution in [0.3, 0.4) is 0 Å². The van der Waals surface area contributed by atoms with E-state index in [1.54, 1.807) is 11.3 Å². The third-order valence-corrected chi connectivity index (χ3v) is 4.36. The molecule has 88 valence electrons. The van der Waals surface area contributed by atoms with Gasteiger partial charge in [0.1, 0.15) is 0 Å². The third-order valence-electron chi connectivity index (χ3n) is 3.66. The van der Waals surface area contributed by atoms with Crippen LogP contribution in [-0.2, 0) is 6.42 Å². The summed E-state index contributed by atoms with van der Waals surface area (Å²) in [4.78, 5) is 0. The van der Waals surface area contributed by atoms with Crippen molar-refractivity contribution in [3.05, 3.63) is 57.8 Å². The average molecular weight is 244 g/mol. The van der Waals surface area contributed by atoms with Crippen molar-refractivity contribution in [2.24, 2.45) is 5.84 Å². The van der Waals surface area contributed by atoms with E-state index in [1.165, 1.54) is 29.5 Å². The number of hydrazine groups is 1. The molecule has 1 aliphatic rings. The summed E-state index contributed by atoms with van der Waals surface area (Å²) in [5.74, 6) is 6.26. The second-order valence-electron chi connectivity index (χ2n) is 4.55. The molecule has 0 radical (unpaired) electrons. The number of nitrogens with two attached hydrogens (primary N) is 1. The smallest absolute Gasteiger partial charge is 0.0536 e. The number of rotatable bonds is 3. The third kappa shape index (κ3) is 1.90. The molecular formula is C14H16N2S. The fourth-order valence-corrected chi connectivity index (χ4v) is 3.53. The largest absolute Gasteiger partial charge is 0.271 e. The summed E-state index contributed by atoms with van der Waals surface area (Å²) in [6.07, 6.45) is 2.35. The van der Waals surface area contributed by atoms with Gasteiger partial charge in [-0.15, -0.1) is 0 Å². The van der Waals surface area contributed by atoms with Crippen LogP contribution in [0.4, 0.5) is 0 Å². The van der Waals surface area contributed by atoms with E-state index in [9.17, 15) is 0 Å². The van der Waals surface area contributed by atoms with Gasteiger partial charge in [0, 0.05) is 5.92 Å². The van der Waals surface area contributed by atoms with Crippen LogP contribution in [0.5, 0.6) is 0 Å². The number of aryl methyl sites for hydroxylation is 1. The van der Waals surface area contributed by atoms with Gasteiger partial charge in [0.25, 0.3) is 0 Å². The van der Waals surface area contributed by atoms with Crippen LogP contribution in [0, 0.1) is 0 Å². The number of hydrogen-bond donors (Lipinski definition) is 2. The molecule has 1 heterocycles. The van der Waals surface area contributed by atoms with E-state index in [2.05, 4.69) is 46.5 Å². The second-order valence-corrected chi connectivity index (χ2v) is 5.33. The Kier molecular flexibility index (Phi) is 2.97. The molecule has 1 aromatic heterocycles. The van der Waals surface area contributed by atoms with Crippen LogP contribution >= 0.6 is 11.3 Å². The number of fused-ring (bicyclic) bond motifs is 1. The molecule has 0 amide bonds. The van der Waals surface area contributed by atoms with Gasteiger partial charge < -0.3 is 0 Å². The van der Waals surface area contributed by atoms with E-state index >= 15 is 0 Å². The van der Waals surface area contributed by atoms with Crippen LogP contribution in [0.25, 0.3) is 0 Å². The first-order valence-corrected chi connectivity index (χ1v) is 6.90. The minimum Gasteiger partial charge on any atom is -0.271 e. The molecule has 17 heavy (non-hydrogen) atoms. The summed E-state index contributed by atoms with van der Waals surface area (Å²) >= 11 is 1.73. The SMILES string of the molecule is NNC(c1ccsc1)C1CCc2ccccc21. The summed E-state index contributed by atoms with van der Waals surface area (Å²) in [5.41, 5.74) is 7.24. The first-order chi connectivity index (χ1) is 8.40. The fraction of sp³-hybridized carbons (Fsp3) is 0.286. The molecule has 2 unspecified atom stereocenters. The summed E-state index contributed by atoms with van der Waals surface area (Å²) in [5, 5.41) is 4.30. The molecule has 1 aliphatic carbocycles.